The Balaban J connectivity index is 1.44. The molecule has 1 saturated heterocycles. The van der Waals surface area contributed by atoms with Crippen molar-refractivity contribution in [2.45, 2.75) is 172 Å². The molecule has 1 aliphatic heterocycles. The van der Waals surface area contributed by atoms with Gasteiger partial charge in [0.1, 0.15) is 41.4 Å². The van der Waals surface area contributed by atoms with E-state index in [9.17, 15) is 48.9 Å². The molecule has 89 heavy (non-hydrogen) atoms. The molecule has 0 bridgehead atoms. The van der Waals surface area contributed by atoms with Crippen LogP contribution in [0.1, 0.15) is 110 Å². The molecule has 0 radical (unpaired) electrons. The summed E-state index contributed by atoms with van der Waals surface area (Å²) in [6.45, 7) is 12.5. The number of alkyl carbamates (subject to hydrolysis) is 2. The number of Topliss-reactive ketones (excluding diaryl/α,β-unsaturated/α-hetero) is 1. The van der Waals surface area contributed by atoms with Crippen LogP contribution < -0.4 is 42.5 Å². The van der Waals surface area contributed by atoms with Crippen LogP contribution in [0.25, 0.3) is 15.7 Å². The van der Waals surface area contributed by atoms with E-state index in [0.717, 1.165) is 49.7 Å². The number of aliphatic hydroxyl groups excluding tert-OH is 2. The zero-order chi connectivity index (χ0) is 65.2. The topological polar surface area (TPSA) is 346 Å². The molecule has 0 spiro atoms. The van der Waals surface area contributed by atoms with Crippen molar-refractivity contribution in [1.29, 1.82) is 0 Å². The summed E-state index contributed by atoms with van der Waals surface area (Å²) in [5, 5.41) is 55.2. The van der Waals surface area contributed by atoms with Crippen molar-refractivity contribution in [2.75, 3.05) is 18.1 Å². The van der Waals surface area contributed by atoms with Gasteiger partial charge in [0.05, 0.1) is 18.2 Å². The zero-order valence-electron chi connectivity index (χ0n) is 51.2. The van der Waals surface area contributed by atoms with Gasteiger partial charge in [0, 0.05) is 47.9 Å². The number of rotatable bonds is 19. The Kier molecular flexibility index (Phi) is 26.0. The van der Waals surface area contributed by atoms with E-state index in [1.54, 1.807) is 71.9 Å². The van der Waals surface area contributed by atoms with Gasteiger partial charge in [-0.3, -0.25) is 33.6 Å². The second-order valence-corrected chi connectivity index (χ2v) is 27.5. The molecule has 8 amide bonds. The number of hydrogen-bond donors (Lipinski definition) is 11. The van der Waals surface area contributed by atoms with Crippen molar-refractivity contribution in [1.82, 2.24) is 42.5 Å². The molecule has 1 aromatic heterocycles. The quantitative estimate of drug-likeness (QED) is 0.0433. The molecule has 10 atom stereocenters. The van der Waals surface area contributed by atoms with Crippen molar-refractivity contribution in [3.8, 4) is 0 Å². The van der Waals surface area contributed by atoms with Crippen molar-refractivity contribution in [2.24, 2.45) is 5.92 Å². The Labute approximate surface area is 529 Å². The normalized spacial score (nSPS) is 21.4. The highest BCUT2D eigenvalue weighted by Gasteiger charge is 2.38. The van der Waals surface area contributed by atoms with Gasteiger partial charge in [0.15, 0.2) is 11.8 Å². The Morgan fingerprint density at radius 2 is 1.35 bits per heavy atom. The number of ketones is 1. The maximum absolute atomic E-state index is 15.4. The lowest BCUT2D eigenvalue weighted by Crippen LogP contribution is -2.62. The number of hydrogen-bond acceptors (Lipinski definition) is 17. The number of nitrogens with one attached hydrogen (secondary N) is 8. The molecule has 3 aromatic carbocycles. The van der Waals surface area contributed by atoms with Gasteiger partial charge < -0.3 is 67.3 Å². The summed E-state index contributed by atoms with van der Waals surface area (Å²) in [6, 6.07) is 12.9. The van der Waals surface area contributed by atoms with Gasteiger partial charge in [0.25, 0.3) is 0 Å². The molecule has 2 heterocycles. The van der Waals surface area contributed by atoms with Crippen LogP contribution in [0.5, 0.6) is 0 Å². The van der Waals surface area contributed by atoms with Crippen molar-refractivity contribution in [3.05, 3.63) is 113 Å². The second kappa shape index (κ2) is 32.8. The van der Waals surface area contributed by atoms with Crippen LogP contribution in [0.15, 0.2) is 90.3 Å². The molecule has 1 unspecified atom stereocenters. The van der Waals surface area contributed by atoms with Gasteiger partial charge >= 0.3 is 18.2 Å². The van der Waals surface area contributed by atoms with Crippen LogP contribution in [0, 0.1) is 5.92 Å². The van der Waals surface area contributed by atoms with Crippen molar-refractivity contribution < 1.29 is 72.7 Å². The minimum absolute atomic E-state index is 0.0236. The maximum atomic E-state index is 15.4. The molecule has 23 nitrogen and oxygen atoms in total. The number of fused-ring (bicyclic) bond motifs is 2. The minimum Gasteiger partial charge on any atom is -0.480 e. The summed E-state index contributed by atoms with van der Waals surface area (Å²) in [5.41, 5.74) is 2.12. The third-order valence-electron chi connectivity index (χ3n) is 14.3. The fourth-order valence-corrected chi connectivity index (χ4v) is 13.2. The fourth-order valence-electron chi connectivity index (χ4n) is 9.86. The third kappa shape index (κ3) is 22.2. The summed E-state index contributed by atoms with van der Waals surface area (Å²) in [6.07, 6.45) is -2.77. The summed E-state index contributed by atoms with van der Waals surface area (Å²) < 4.78 is 11.8. The number of carboxylic acid groups (broad SMARTS) is 1. The average molecular weight is 1290 g/mol. The number of ether oxygens (including phenoxy) is 2. The first-order valence-corrected chi connectivity index (χ1v) is 32.8. The molecular formula is C63H82N8O15S3. The van der Waals surface area contributed by atoms with E-state index in [1.165, 1.54) is 18.3 Å². The van der Waals surface area contributed by atoms with Crippen LogP contribution in [0.2, 0.25) is 0 Å². The van der Waals surface area contributed by atoms with Gasteiger partial charge in [0.2, 0.25) is 35.4 Å². The number of benzene rings is 3. The van der Waals surface area contributed by atoms with Crippen LogP contribution in [-0.2, 0) is 67.1 Å². The molecule has 1 aliphatic carbocycles. The first-order valence-electron chi connectivity index (χ1n) is 29.5. The van der Waals surface area contributed by atoms with Crippen molar-refractivity contribution in [3.63, 3.8) is 0 Å². The van der Waals surface area contributed by atoms with Crippen LogP contribution in [-0.4, -0.2) is 158 Å². The van der Waals surface area contributed by atoms with Gasteiger partial charge in [-0.2, -0.15) is 0 Å². The highest BCUT2D eigenvalue weighted by atomic mass is 33.1. The van der Waals surface area contributed by atoms with Crippen molar-refractivity contribution >= 4 is 108 Å². The predicted molar refractivity (Wildman–Crippen MR) is 340 cm³/mol. The SMILES string of the molecule is C[C@@H](O)[C@H](NC(=O)[C@@H]1CSSC[C@H](NC(=O)C(Cc2ccccc2)NC(=O)OC(C)(C)C)C(=O)C[C@@H](Cc2csc3ccccc23)C(=O)N[C@H](CC2=CCc3ccccc32)C(=O)N[C@@H](CCCCNC(=O)OC(C)(C)C)C(=O)N[C@@H]([C@@H](C)O)C(=O)N1)C(=O)O. The number of amides is 8. The molecule has 482 valence electrons. The molecular weight excluding hydrogens is 1200 g/mol. The first kappa shape index (κ1) is 70.6. The third-order valence-corrected chi connectivity index (χ3v) is 17.8. The number of aliphatic carboxylic acids is 1. The van der Waals surface area contributed by atoms with E-state index in [2.05, 4.69) is 42.5 Å². The number of carbonyl (C=O) groups is 10. The monoisotopic (exact) mass is 1290 g/mol. The van der Waals surface area contributed by atoms with E-state index in [4.69, 9.17) is 9.47 Å². The van der Waals surface area contributed by atoms with Gasteiger partial charge in [-0.25, -0.2) is 14.4 Å². The molecule has 11 N–H and O–H groups in total. The standard InChI is InChI=1S/C63H82N8O15S3/c1-35(72)51-58(80)68-48(57(79)71-52(36(2)73)59(81)82)34-89-88-33-47(67-55(77)45(28-37-18-10-9-11-19-37)69-61(84)86-63(6,7)8)49(74)31-40(29-41-32-87-50-24-15-14-22-43(41)50)53(75)66-46(30-39-26-25-38-20-12-13-21-42(38)39)56(78)65-44(54(76)70-51)23-16-17-27-64-60(83)85-62(3,4)5/h9-15,18-22,24,26,32,35-36,40,44-48,51-52,72-73H,16-17,23,25,27-31,33-34H2,1-8H3,(H,64,83)(H,65,78)(H,66,75)(H,67,77)(H,68,80)(H,69,84)(H,70,76)(H,71,79)(H,81,82)/t35-,36-,40-,44+,45?,46-,47+,48+,51+,52+/m1/s1. The highest BCUT2D eigenvalue weighted by molar-refractivity contribution is 8.76. The predicted octanol–water partition coefficient (Wildman–Crippen LogP) is 5.03. The van der Waals surface area contributed by atoms with E-state index in [1.807, 2.05) is 60.0 Å². The van der Waals surface area contributed by atoms with Crippen LogP contribution in [0.4, 0.5) is 9.59 Å². The number of carboxylic acids is 1. The highest BCUT2D eigenvalue weighted by Crippen LogP contribution is 2.33. The molecule has 26 heteroatoms. The Morgan fingerprint density at radius 3 is 2.03 bits per heavy atom. The number of unbranched alkanes of at least 4 members (excludes halogenated alkanes) is 1. The minimum atomic E-state index is -1.86. The first-order chi connectivity index (χ1) is 42.0. The molecule has 0 saturated carbocycles. The van der Waals surface area contributed by atoms with Gasteiger partial charge in [-0.1, -0.05) is 100 Å². The summed E-state index contributed by atoms with van der Waals surface area (Å²) in [4.78, 5) is 142. The lowest BCUT2D eigenvalue weighted by atomic mass is 9.90. The summed E-state index contributed by atoms with van der Waals surface area (Å²) in [5.74, 6) is -9.63. The number of allylic oxidation sites excluding steroid dienone is 1. The van der Waals surface area contributed by atoms with E-state index in [0.29, 0.717) is 23.1 Å². The summed E-state index contributed by atoms with van der Waals surface area (Å²) >= 11 is 1.43. The van der Waals surface area contributed by atoms with E-state index >= 15 is 14.4 Å². The second-order valence-electron chi connectivity index (χ2n) is 24.0. The lowest BCUT2D eigenvalue weighted by Gasteiger charge is -2.29. The van der Waals surface area contributed by atoms with Crippen LogP contribution in [0.3, 0.4) is 0 Å². The molecule has 4 aromatic rings. The van der Waals surface area contributed by atoms with E-state index in [-0.39, 0.29) is 56.6 Å². The average Bonchev–Trinajstić information content (AvgIpc) is 4.25. The number of thiophene rings is 1. The Morgan fingerprint density at radius 1 is 0.708 bits per heavy atom. The summed E-state index contributed by atoms with van der Waals surface area (Å²) in [7, 11) is 1.87. The van der Waals surface area contributed by atoms with Gasteiger partial charge in [-0.15, -0.1) is 11.3 Å². The Hall–Kier alpha value is -7.52. The number of carbonyl (C=O) groups excluding carboxylic acids is 9. The van der Waals surface area contributed by atoms with E-state index < -0.39 is 137 Å². The van der Waals surface area contributed by atoms with Crippen LogP contribution >= 0.6 is 32.9 Å². The zero-order valence-corrected chi connectivity index (χ0v) is 53.6. The molecule has 6 rings (SSSR count). The Bertz CT molecular complexity index is 3200. The largest absolute Gasteiger partial charge is 0.480 e. The smallest absolute Gasteiger partial charge is 0.408 e. The molecule has 2 aliphatic rings. The molecule has 1 fully saturated rings. The maximum Gasteiger partial charge on any atom is 0.408 e. The fraction of sp³-hybridized carbons (Fsp3) is 0.492. The lowest BCUT2D eigenvalue weighted by molar-refractivity contribution is -0.145. The van der Waals surface area contributed by atoms with Gasteiger partial charge in [-0.05, 0) is 132 Å². The number of aliphatic hydroxyl groups is 2.